The van der Waals surface area contributed by atoms with Crippen molar-refractivity contribution in [2.75, 3.05) is 13.1 Å². The quantitative estimate of drug-likeness (QED) is 0.580. The molecule has 68 valence electrons. The molecule has 2 N–H and O–H groups in total. The van der Waals surface area contributed by atoms with Crippen LogP contribution in [0.1, 0.15) is 20.3 Å². The third-order valence-corrected chi connectivity index (χ3v) is 1.95. The van der Waals surface area contributed by atoms with Crippen LogP contribution in [-0.4, -0.2) is 29.9 Å². The number of carbonyl (C=O) groups is 1. The minimum atomic E-state index is 0.1000. The standard InChI is InChI=1S/C9H16N2O/c1-7(2)5-9(12)11-4-3-8(10)6-11/h5,8H,3-4,6,10H2,1-2H3. The second-order valence-corrected chi connectivity index (χ2v) is 3.55. The van der Waals surface area contributed by atoms with Crippen molar-refractivity contribution in [1.29, 1.82) is 0 Å². The molecule has 1 saturated heterocycles. The average molecular weight is 168 g/mol. The van der Waals surface area contributed by atoms with Crippen LogP contribution >= 0.6 is 0 Å². The van der Waals surface area contributed by atoms with Crippen molar-refractivity contribution in [2.45, 2.75) is 26.3 Å². The molecule has 1 aliphatic rings. The lowest BCUT2D eigenvalue weighted by molar-refractivity contribution is -0.125. The summed E-state index contributed by atoms with van der Waals surface area (Å²) >= 11 is 0. The molecular formula is C9H16N2O. The van der Waals surface area contributed by atoms with Crippen molar-refractivity contribution in [2.24, 2.45) is 5.73 Å². The van der Waals surface area contributed by atoms with Gasteiger partial charge in [-0.1, -0.05) is 5.57 Å². The van der Waals surface area contributed by atoms with E-state index >= 15 is 0 Å². The van der Waals surface area contributed by atoms with Crippen molar-refractivity contribution in [1.82, 2.24) is 4.90 Å². The van der Waals surface area contributed by atoms with Gasteiger partial charge in [-0.3, -0.25) is 4.79 Å². The Hall–Kier alpha value is -0.830. The summed E-state index contributed by atoms with van der Waals surface area (Å²) in [5.41, 5.74) is 6.72. The van der Waals surface area contributed by atoms with Gasteiger partial charge in [0.05, 0.1) is 0 Å². The van der Waals surface area contributed by atoms with Crippen LogP contribution in [0.5, 0.6) is 0 Å². The van der Waals surface area contributed by atoms with Gasteiger partial charge in [0.15, 0.2) is 0 Å². The molecule has 0 aromatic carbocycles. The van der Waals surface area contributed by atoms with Crippen LogP contribution in [0.4, 0.5) is 0 Å². The van der Waals surface area contributed by atoms with Crippen LogP contribution in [-0.2, 0) is 4.79 Å². The van der Waals surface area contributed by atoms with E-state index < -0.39 is 0 Å². The Morgan fingerprint density at radius 1 is 1.58 bits per heavy atom. The third-order valence-electron chi connectivity index (χ3n) is 1.95. The molecule has 1 aliphatic heterocycles. The predicted molar refractivity (Wildman–Crippen MR) is 48.6 cm³/mol. The molecule has 0 spiro atoms. The summed E-state index contributed by atoms with van der Waals surface area (Å²) in [4.78, 5) is 13.2. The van der Waals surface area contributed by atoms with Gasteiger partial charge in [0, 0.05) is 25.2 Å². The van der Waals surface area contributed by atoms with Crippen LogP contribution in [0, 0.1) is 0 Å². The molecule has 0 saturated carbocycles. The Bertz CT molecular complexity index is 207. The maximum absolute atomic E-state index is 11.4. The predicted octanol–water partition coefficient (Wildman–Crippen LogP) is 0.512. The zero-order valence-electron chi connectivity index (χ0n) is 7.71. The molecule has 0 aromatic heterocycles. The van der Waals surface area contributed by atoms with Crippen LogP contribution in [0.15, 0.2) is 11.6 Å². The maximum atomic E-state index is 11.4. The van der Waals surface area contributed by atoms with Gasteiger partial charge in [0.1, 0.15) is 0 Å². The number of carbonyl (C=O) groups excluding carboxylic acids is 1. The van der Waals surface area contributed by atoms with Crippen molar-refractivity contribution < 1.29 is 4.79 Å². The molecule has 3 nitrogen and oxygen atoms in total. The smallest absolute Gasteiger partial charge is 0.246 e. The first-order valence-corrected chi connectivity index (χ1v) is 4.29. The van der Waals surface area contributed by atoms with Crippen molar-refractivity contribution in [3.8, 4) is 0 Å². The minimum absolute atomic E-state index is 0.1000. The first-order chi connectivity index (χ1) is 5.59. The molecule has 1 heterocycles. The summed E-state index contributed by atoms with van der Waals surface area (Å²) < 4.78 is 0. The molecule has 0 radical (unpaired) electrons. The average Bonchev–Trinajstić information content (AvgIpc) is 2.34. The van der Waals surface area contributed by atoms with Crippen LogP contribution in [0.3, 0.4) is 0 Å². The summed E-state index contributed by atoms with van der Waals surface area (Å²) in [5.74, 6) is 0.1000. The van der Waals surface area contributed by atoms with Crippen molar-refractivity contribution in [3.63, 3.8) is 0 Å². The van der Waals surface area contributed by atoms with Crippen LogP contribution in [0.2, 0.25) is 0 Å². The van der Waals surface area contributed by atoms with Crippen molar-refractivity contribution in [3.05, 3.63) is 11.6 Å². The fraction of sp³-hybridized carbons (Fsp3) is 0.667. The zero-order valence-corrected chi connectivity index (χ0v) is 7.71. The summed E-state index contributed by atoms with van der Waals surface area (Å²) in [6.45, 7) is 5.37. The van der Waals surface area contributed by atoms with Gasteiger partial charge in [-0.25, -0.2) is 0 Å². The maximum Gasteiger partial charge on any atom is 0.246 e. The molecular weight excluding hydrogens is 152 g/mol. The minimum Gasteiger partial charge on any atom is -0.338 e. The van der Waals surface area contributed by atoms with E-state index in [1.54, 1.807) is 11.0 Å². The Balaban J connectivity index is 2.49. The van der Waals surface area contributed by atoms with Gasteiger partial charge in [-0.15, -0.1) is 0 Å². The lowest BCUT2D eigenvalue weighted by Gasteiger charge is -2.12. The zero-order chi connectivity index (χ0) is 9.14. The molecule has 1 atom stereocenters. The summed E-state index contributed by atoms with van der Waals surface area (Å²) in [5, 5.41) is 0. The number of rotatable bonds is 1. The summed E-state index contributed by atoms with van der Waals surface area (Å²) in [6.07, 6.45) is 2.60. The highest BCUT2D eigenvalue weighted by molar-refractivity contribution is 5.88. The van der Waals surface area contributed by atoms with E-state index in [1.165, 1.54) is 0 Å². The fourth-order valence-corrected chi connectivity index (χ4v) is 1.33. The molecule has 0 bridgehead atoms. The van der Waals surface area contributed by atoms with Gasteiger partial charge in [0.2, 0.25) is 5.91 Å². The second-order valence-electron chi connectivity index (χ2n) is 3.55. The Labute approximate surface area is 73.2 Å². The molecule has 3 heteroatoms. The number of likely N-dealkylation sites (tertiary alicyclic amines) is 1. The molecule has 1 amide bonds. The van der Waals surface area contributed by atoms with E-state index in [1.807, 2.05) is 13.8 Å². The lowest BCUT2D eigenvalue weighted by atomic mass is 10.3. The van der Waals surface area contributed by atoms with Gasteiger partial charge >= 0.3 is 0 Å². The topological polar surface area (TPSA) is 46.3 Å². The number of hydrogen-bond donors (Lipinski definition) is 1. The Kier molecular flexibility index (Phi) is 2.87. The van der Waals surface area contributed by atoms with Gasteiger partial charge in [0.25, 0.3) is 0 Å². The first kappa shape index (κ1) is 9.26. The molecule has 12 heavy (non-hydrogen) atoms. The highest BCUT2D eigenvalue weighted by Crippen LogP contribution is 2.07. The molecule has 0 aromatic rings. The van der Waals surface area contributed by atoms with E-state index in [9.17, 15) is 4.79 Å². The van der Waals surface area contributed by atoms with E-state index in [4.69, 9.17) is 5.73 Å². The Morgan fingerprint density at radius 2 is 2.25 bits per heavy atom. The van der Waals surface area contributed by atoms with Gasteiger partial charge in [-0.2, -0.15) is 0 Å². The molecule has 0 aliphatic carbocycles. The summed E-state index contributed by atoms with van der Waals surface area (Å²) in [7, 11) is 0. The molecule has 1 rings (SSSR count). The number of allylic oxidation sites excluding steroid dienone is 1. The van der Waals surface area contributed by atoms with E-state index in [2.05, 4.69) is 0 Å². The van der Waals surface area contributed by atoms with Gasteiger partial charge in [-0.05, 0) is 20.3 Å². The highest BCUT2D eigenvalue weighted by Gasteiger charge is 2.21. The second kappa shape index (κ2) is 3.72. The molecule has 1 fully saturated rings. The van der Waals surface area contributed by atoms with Crippen molar-refractivity contribution >= 4 is 5.91 Å². The largest absolute Gasteiger partial charge is 0.338 e. The number of nitrogens with zero attached hydrogens (tertiary/aromatic N) is 1. The first-order valence-electron chi connectivity index (χ1n) is 4.29. The van der Waals surface area contributed by atoms with Crippen LogP contribution in [0.25, 0.3) is 0 Å². The highest BCUT2D eigenvalue weighted by atomic mass is 16.2. The monoisotopic (exact) mass is 168 g/mol. The number of nitrogens with two attached hydrogens (primary N) is 1. The molecule has 1 unspecified atom stereocenters. The van der Waals surface area contributed by atoms with Gasteiger partial charge < -0.3 is 10.6 Å². The van der Waals surface area contributed by atoms with E-state index in [-0.39, 0.29) is 11.9 Å². The lowest BCUT2D eigenvalue weighted by Crippen LogP contribution is -2.30. The fourth-order valence-electron chi connectivity index (χ4n) is 1.33. The van der Waals surface area contributed by atoms with E-state index in [0.717, 1.165) is 18.5 Å². The summed E-state index contributed by atoms with van der Waals surface area (Å²) in [6, 6.07) is 0.180. The third kappa shape index (κ3) is 2.34. The number of hydrogen-bond acceptors (Lipinski definition) is 2. The van der Waals surface area contributed by atoms with Crippen LogP contribution < -0.4 is 5.73 Å². The normalized spacial score (nSPS) is 22.6. The Morgan fingerprint density at radius 3 is 2.67 bits per heavy atom. The number of amides is 1. The SMILES string of the molecule is CC(C)=CC(=O)N1CCC(N)C1. The van der Waals surface area contributed by atoms with E-state index in [0.29, 0.717) is 6.54 Å².